The predicted molar refractivity (Wildman–Crippen MR) is 54.1 cm³/mol. The highest BCUT2D eigenvalue weighted by Crippen LogP contribution is 2.22. The van der Waals surface area contributed by atoms with Crippen molar-refractivity contribution in [3.8, 4) is 0 Å². The quantitative estimate of drug-likeness (QED) is 0.803. The van der Waals surface area contributed by atoms with Gasteiger partial charge < -0.3 is 14.4 Å². The largest absolute Gasteiger partial charge is 0.476 e. The van der Waals surface area contributed by atoms with Crippen LogP contribution in [-0.2, 0) is 0 Å². The van der Waals surface area contributed by atoms with E-state index < -0.39 is 5.97 Å². The van der Waals surface area contributed by atoms with Crippen molar-refractivity contribution >= 4 is 12.0 Å². The number of nitrogens with zero attached hydrogens (tertiary/aromatic N) is 2. The first-order chi connectivity index (χ1) is 7.16. The van der Waals surface area contributed by atoms with Gasteiger partial charge in [0.15, 0.2) is 5.69 Å². The van der Waals surface area contributed by atoms with Crippen LogP contribution >= 0.6 is 0 Å². The van der Waals surface area contributed by atoms with Crippen LogP contribution in [0.15, 0.2) is 10.7 Å². The molecule has 2 rings (SSSR count). The maximum atomic E-state index is 10.6. The van der Waals surface area contributed by atoms with E-state index in [1.54, 1.807) is 0 Å². The fourth-order valence-corrected chi connectivity index (χ4v) is 1.87. The molecule has 1 aliphatic rings. The molecule has 1 aromatic heterocycles. The number of hydrogen-bond donors (Lipinski definition) is 1. The summed E-state index contributed by atoms with van der Waals surface area (Å²) in [6.45, 7) is 3.96. The molecule has 0 aliphatic carbocycles. The van der Waals surface area contributed by atoms with Crippen molar-refractivity contribution in [3.05, 3.63) is 12.0 Å². The molecule has 1 atom stereocenters. The standard InChI is InChI=1S/C10H14N2O3/c1-7-3-2-4-12(5-7)10-11-8(6-15-10)9(13)14/h6-7H,2-5H2,1H3,(H,13,14). The van der Waals surface area contributed by atoms with Gasteiger partial charge >= 0.3 is 5.97 Å². The molecule has 1 unspecified atom stereocenters. The van der Waals surface area contributed by atoms with Gasteiger partial charge in [0.1, 0.15) is 6.26 Å². The third kappa shape index (κ3) is 2.11. The van der Waals surface area contributed by atoms with Crippen LogP contribution in [0.2, 0.25) is 0 Å². The Balaban J connectivity index is 2.11. The molecule has 5 heteroatoms. The first-order valence-electron chi connectivity index (χ1n) is 5.10. The molecule has 1 aromatic rings. The summed E-state index contributed by atoms with van der Waals surface area (Å²) in [5, 5.41) is 8.71. The Bertz CT molecular complexity index is 361. The highest BCUT2D eigenvalue weighted by atomic mass is 16.4. The van der Waals surface area contributed by atoms with Crippen LogP contribution in [-0.4, -0.2) is 29.1 Å². The zero-order chi connectivity index (χ0) is 10.8. The van der Waals surface area contributed by atoms with Gasteiger partial charge in [0.25, 0.3) is 6.01 Å². The van der Waals surface area contributed by atoms with Crippen molar-refractivity contribution in [2.24, 2.45) is 5.92 Å². The lowest BCUT2D eigenvalue weighted by atomic mass is 10.0. The van der Waals surface area contributed by atoms with Gasteiger partial charge in [0, 0.05) is 13.1 Å². The fourth-order valence-electron chi connectivity index (χ4n) is 1.87. The molecule has 5 nitrogen and oxygen atoms in total. The van der Waals surface area contributed by atoms with Crippen LogP contribution in [0.1, 0.15) is 30.3 Å². The first kappa shape index (κ1) is 10.0. The Kier molecular flexibility index (Phi) is 2.62. The minimum Gasteiger partial charge on any atom is -0.476 e. The van der Waals surface area contributed by atoms with Crippen LogP contribution < -0.4 is 4.90 Å². The fraction of sp³-hybridized carbons (Fsp3) is 0.600. The lowest BCUT2D eigenvalue weighted by Gasteiger charge is -2.29. The molecular weight excluding hydrogens is 196 g/mol. The molecule has 1 fully saturated rings. The van der Waals surface area contributed by atoms with Crippen molar-refractivity contribution in [1.82, 2.24) is 4.98 Å². The number of carboxylic acid groups (broad SMARTS) is 1. The minimum atomic E-state index is -1.05. The zero-order valence-electron chi connectivity index (χ0n) is 8.64. The Labute approximate surface area is 87.7 Å². The number of carbonyl (C=O) groups is 1. The molecule has 2 heterocycles. The number of rotatable bonds is 2. The highest BCUT2D eigenvalue weighted by molar-refractivity contribution is 5.85. The van der Waals surface area contributed by atoms with Crippen LogP contribution in [0, 0.1) is 5.92 Å². The lowest BCUT2D eigenvalue weighted by Crippen LogP contribution is -2.34. The summed E-state index contributed by atoms with van der Waals surface area (Å²) in [4.78, 5) is 16.5. The molecule has 1 aliphatic heterocycles. The highest BCUT2D eigenvalue weighted by Gasteiger charge is 2.21. The average Bonchev–Trinajstić information content (AvgIpc) is 2.66. The number of anilines is 1. The molecule has 0 saturated carbocycles. The topological polar surface area (TPSA) is 66.6 Å². The third-order valence-corrected chi connectivity index (χ3v) is 2.64. The molecule has 1 N–H and O–H groups in total. The van der Waals surface area contributed by atoms with Crippen molar-refractivity contribution in [2.75, 3.05) is 18.0 Å². The molecular formula is C10H14N2O3. The SMILES string of the molecule is CC1CCCN(c2nc(C(=O)O)co2)C1. The summed E-state index contributed by atoms with van der Waals surface area (Å²) < 4.78 is 5.15. The molecule has 82 valence electrons. The van der Waals surface area contributed by atoms with E-state index in [1.807, 2.05) is 4.90 Å². The maximum Gasteiger partial charge on any atom is 0.357 e. The average molecular weight is 210 g/mol. The number of aromatic nitrogens is 1. The number of piperidine rings is 1. The summed E-state index contributed by atoms with van der Waals surface area (Å²) >= 11 is 0. The van der Waals surface area contributed by atoms with E-state index in [4.69, 9.17) is 9.52 Å². The summed E-state index contributed by atoms with van der Waals surface area (Å²) in [6, 6.07) is 0.430. The van der Waals surface area contributed by atoms with Crippen LogP contribution in [0.4, 0.5) is 6.01 Å². The van der Waals surface area contributed by atoms with Gasteiger partial charge in [-0.05, 0) is 18.8 Å². The van der Waals surface area contributed by atoms with Gasteiger partial charge in [-0.25, -0.2) is 4.79 Å². The lowest BCUT2D eigenvalue weighted by molar-refractivity contribution is 0.0690. The molecule has 0 spiro atoms. The van der Waals surface area contributed by atoms with Gasteiger partial charge in [-0.3, -0.25) is 0 Å². The molecule has 0 bridgehead atoms. The van der Waals surface area contributed by atoms with E-state index in [2.05, 4.69) is 11.9 Å². The van der Waals surface area contributed by atoms with E-state index >= 15 is 0 Å². The van der Waals surface area contributed by atoms with Crippen molar-refractivity contribution in [1.29, 1.82) is 0 Å². The molecule has 0 radical (unpaired) electrons. The summed E-state index contributed by atoms with van der Waals surface area (Å²) in [7, 11) is 0. The normalized spacial score (nSPS) is 21.7. The molecule has 1 saturated heterocycles. The van der Waals surface area contributed by atoms with Gasteiger partial charge in [-0.1, -0.05) is 6.92 Å². The van der Waals surface area contributed by atoms with Gasteiger partial charge in [0.2, 0.25) is 0 Å². The maximum absolute atomic E-state index is 10.6. The monoisotopic (exact) mass is 210 g/mol. The van der Waals surface area contributed by atoms with Gasteiger partial charge in [0.05, 0.1) is 0 Å². The van der Waals surface area contributed by atoms with Crippen molar-refractivity contribution < 1.29 is 14.3 Å². The second-order valence-corrected chi connectivity index (χ2v) is 4.01. The number of hydrogen-bond acceptors (Lipinski definition) is 4. The molecule has 0 aromatic carbocycles. The van der Waals surface area contributed by atoms with E-state index in [-0.39, 0.29) is 5.69 Å². The summed E-state index contributed by atoms with van der Waals surface area (Å²) in [6.07, 6.45) is 3.51. The second kappa shape index (κ2) is 3.92. The Morgan fingerprint density at radius 2 is 2.53 bits per heavy atom. The van der Waals surface area contributed by atoms with Crippen LogP contribution in [0.3, 0.4) is 0 Å². The van der Waals surface area contributed by atoms with E-state index in [9.17, 15) is 4.79 Å². The van der Waals surface area contributed by atoms with E-state index in [0.29, 0.717) is 11.9 Å². The zero-order valence-corrected chi connectivity index (χ0v) is 8.64. The van der Waals surface area contributed by atoms with Gasteiger partial charge in [-0.15, -0.1) is 0 Å². The van der Waals surface area contributed by atoms with Gasteiger partial charge in [-0.2, -0.15) is 4.98 Å². The second-order valence-electron chi connectivity index (χ2n) is 4.01. The number of aromatic carboxylic acids is 1. The van der Waals surface area contributed by atoms with E-state index in [0.717, 1.165) is 19.5 Å². The van der Waals surface area contributed by atoms with Crippen molar-refractivity contribution in [3.63, 3.8) is 0 Å². The Morgan fingerprint density at radius 3 is 3.13 bits per heavy atom. The molecule has 0 amide bonds. The van der Waals surface area contributed by atoms with Crippen LogP contribution in [0.5, 0.6) is 0 Å². The van der Waals surface area contributed by atoms with Crippen LogP contribution in [0.25, 0.3) is 0 Å². The number of oxazole rings is 1. The third-order valence-electron chi connectivity index (χ3n) is 2.64. The Morgan fingerprint density at radius 1 is 1.73 bits per heavy atom. The summed E-state index contributed by atoms with van der Waals surface area (Å²) in [5.74, 6) is -0.436. The first-order valence-corrected chi connectivity index (χ1v) is 5.10. The van der Waals surface area contributed by atoms with E-state index in [1.165, 1.54) is 12.7 Å². The minimum absolute atomic E-state index is 0.0248. The van der Waals surface area contributed by atoms with Crippen molar-refractivity contribution in [2.45, 2.75) is 19.8 Å². The Hall–Kier alpha value is -1.52. The number of carboxylic acids is 1. The smallest absolute Gasteiger partial charge is 0.357 e. The predicted octanol–water partition coefficient (Wildman–Crippen LogP) is 1.61. The summed E-state index contributed by atoms with van der Waals surface area (Å²) in [5.41, 5.74) is -0.0248. The molecule has 15 heavy (non-hydrogen) atoms.